The highest BCUT2D eigenvalue weighted by Crippen LogP contribution is 2.32. The highest BCUT2D eigenvalue weighted by molar-refractivity contribution is 7.07. The largest absolute Gasteiger partial charge is 0.454 e. The van der Waals surface area contributed by atoms with Crippen molar-refractivity contribution in [2.45, 2.75) is 0 Å². The first kappa shape index (κ1) is 22.1. The van der Waals surface area contributed by atoms with E-state index >= 15 is 0 Å². The minimum atomic E-state index is -0.438. The maximum Gasteiger partial charge on any atom is 0.269 e. The summed E-state index contributed by atoms with van der Waals surface area (Å²) in [4.78, 5) is 15.8. The van der Waals surface area contributed by atoms with Crippen LogP contribution in [-0.2, 0) is 0 Å². The van der Waals surface area contributed by atoms with Crippen LogP contribution in [0.25, 0.3) is 11.3 Å². The zero-order valence-electron chi connectivity index (χ0n) is 17.2. The molecule has 0 saturated heterocycles. The lowest BCUT2D eigenvalue weighted by atomic mass is 10.1. The van der Waals surface area contributed by atoms with Crippen molar-refractivity contribution < 1.29 is 14.4 Å². The van der Waals surface area contributed by atoms with Gasteiger partial charge in [-0.25, -0.2) is 9.67 Å². The lowest BCUT2D eigenvalue weighted by Gasteiger charge is -2.04. The van der Waals surface area contributed by atoms with Crippen molar-refractivity contribution >= 4 is 52.1 Å². The highest BCUT2D eigenvalue weighted by atomic mass is 35.5. The lowest BCUT2D eigenvalue weighted by Crippen LogP contribution is -2.11. The Morgan fingerprint density at radius 1 is 1.03 bits per heavy atom. The van der Waals surface area contributed by atoms with Gasteiger partial charge in [0.1, 0.15) is 0 Å². The van der Waals surface area contributed by atoms with Gasteiger partial charge >= 0.3 is 0 Å². The van der Waals surface area contributed by atoms with Gasteiger partial charge in [0, 0.05) is 28.1 Å². The molecule has 4 aromatic rings. The van der Waals surface area contributed by atoms with E-state index in [1.54, 1.807) is 41.2 Å². The molecular formula is C23H14Cl2N4O4S. The summed E-state index contributed by atoms with van der Waals surface area (Å²) in [6, 6.07) is 16.8. The van der Waals surface area contributed by atoms with Crippen LogP contribution in [0, 0.1) is 10.1 Å². The van der Waals surface area contributed by atoms with Crippen LogP contribution >= 0.6 is 34.5 Å². The molecule has 0 fully saturated rings. The summed E-state index contributed by atoms with van der Waals surface area (Å²) >= 11 is 13.7. The average molecular weight is 513 g/mol. The number of hydrogen-bond donors (Lipinski definition) is 0. The molecule has 0 aliphatic carbocycles. The minimum Gasteiger partial charge on any atom is -0.454 e. The van der Waals surface area contributed by atoms with Crippen LogP contribution in [0.2, 0.25) is 10.0 Å². The van der Waals surface area contributed by atoms with E-state index in [9.17, 15) is 10.1 Å². The zero-order chi connectivity index (χ0) is 23.7. The van der Waals surface area contributed by atoms with Crippen LogP contribution in [-0.4, -0.2) is 22.6 Å². The molecule has 0 radical (unpaired) electrons. The minimum absolute atomic E-state index is 0.00671. The van der Waals surface area contributed by atoms with Gasteiger partial charge < -0.3 is 9.47 Å². The molecule has 1 aliphatic rings. The van der Waals surface area contributed by atoms with E-state index in [1.165, 1.54) is 23.5 Å². The first-order chi connectivity index (χ1) is 16.5. The molecule has 0 amide bonds. The zero-order valence-corrected chi connectivity index (χ0v) is 19.5. The van der Waals surface area contributed by atoms with E-state index in [0.29, 0.717) is 37.7 Å². The summed E-state index contributed by atoms with van der Waals surface area (Å²) in [5, 5.41) is 18.5. The normalized spacial score (nSPS) is 13.1. The predicted octanol–water partition coefficient (Wildman–Crippen LogP) is 6.27. The van der Waals surface area contributed by atoms with Gasteiger partial charge in [0.15, 0.2) is 11.5 Å². The molecule has 170 valence electrons. The fourth-order valence-corrected chi connectivity index (χ4v) is 4.53. The number of rotatable bonds is 5. The molecule has 0 atom stereocenters. The van der Waals surface area contributed by atoms with Gasteiger partial charge in [-0.3, -0.25) is 10.1 Å². The second kappa shape index (κ2) is 9.30. The van der Waals surface area contributed by atoms with Crippen molar-refractivity contribution in [1.29, 1.82) is 0 Å². The molecule has 5 rings (SSSR count). The van der Waals surface area contributed by atoms with Crippen LogP contribution < -0.4 is 14.3 Å². The third-order valence-corrected chi connectivity index (χ3v) is 6.26. The SMILES string of the molecule is O=[N+]([O-])c1ccc(-c2csc(=Nc3ccc(Cl)cc3Cl)n2N=Cc2ccc3c(c2)OCO3)cc1. The monoisotopic (exact) mass is 512 g/mol. The first-order valence-corrected chi connectivity index (χ1v) is 11.5. The number of hydrogen-bond acceptors (Lipinski definition) is 7. The number of ether oxygens (including phenoxy) is 2. The van der Waals surface area contributed by atoms with Crippen molar-refractivity contribution in [1.82, 2.24) is 4.68 Å². The predicted molar refractivity (Wildman–Crippen MR) is 132 cm³/mol. The first-order valence-electron chi connectivity index (χ1n) is 9.87. The van der Waals surface area contributed by atoms with Gasteiger partial charge in [-0.15, -0.1) is 11.3 Å². The fraction of sp³-hybridized carbons (Fsp3) is 0.0435. The molecule has 34 heavy (non-hydrogen) atoms. The molecule has 0 saturated carbocycles. The Kier molecular flexibility index (Phi) is 6.06. The van der Waals surface area contributed by atoms with Crippen molar-refractivity contribution in [3.8, 4) is 22.8 Å². The Labute approximate surface area is 207 Å². The number of halogens is 2. The summed E-state index contributed by atoms with van der Waals surface area (Å²) in [6.07, 6.45) is 1.67. The van der Waals surface area contributed by atoms with Gasteiger partial charge in [0.25, 0.3) is 5.69 Å². The summed E-state index contributed by atoms with van der Waals surface area (Å²) in [5.74, 6) is 1.33. The summed E-state index contributed by atoms with van der Waals surface area (Å²) < 4.78 is 12.4. The van der Waals surface area contributed by atoms with Crippen LogP contribution in [0.3, 0.4) is 0 Å². The summed E-state index contributed by atoms with van der Waals surface area (Å²) in [7, 11) is 0. The number of nitro groups is 1. The molecule has 11 heteroatoms. The van der Waals surface area contributed by atoms with Crippen molar-refractivity contribution in [2.24, 2.45) is 10.1 Å². The Bertz CT molecular complexity index is 1500. The number of aromatic nitrogens is 1. The van der Waals surface area contributed by atoms with E-state index < -0.39 is 4.92 Å². The van der Waals surface area contributed by atoms with E-state index in [-0.39, 0.29) is 12.5 Å². The Morgan fingerprint density at radius 3 is 2.59 bits per heavy atom. The van der Waals surface area contributed by atoms with Gasteiger partial charge in [-0.05, 0) is 54.1 Å². The molecule has 0 unspecified atom stereocenters. The molecule has 1 aromatic heterocycles. The van der Waals surface area contributed by atoms with Crippen molar-refractivity contribution in [2.75, 3.05) is 6.79 Å². The topological polar surface area (TPSA) is 91.2 Å². The van der Waals surface area contributed by atoms with E-state index in [4.69, 9.17) is 32.7 Å². The number of nitro benzene ring substituents is 1. The lowest BCUT2D eigenvalue weighted by molar-refractivity contribution is -0.384. The average Bonchev–Trinajstić information content (AvgIpc) is 3.46. The Hall–Kier alpha value is -3.66. The second-order valence-corrected chi connectivity index (χ2v) is 8.76. The molecule has 0 bridgehead atoms. The maximum absolute atomic E-state index is 11.0. The van der Waals surface area contributed by atoms with E-state index in [1.807, 2.05) is 23.6 Å². The van der Waals surface area contributed by atoms with Gasteiger partial charge in [0.2, 0.25) is 11.6 Å². The van der Waals surface area contributed by atoms with Crippen molar-refractivity contribution in [3.05, 3.63) is 96.6 Å². The molecule has 0 spiro atoms. The highest BCUT2D eigenvalue weighted by Gasteiger charge is 2.14. The number of thiazole rings is 1. The fourth-order valence-electron chi connectivity index (χ4n) is 3.23. The molecular weight excluding hydrogens is 499 g/mol. The van der Waals surface area contributed by atoms with Crippen LogP contribution in [0.1, 0.15) is 5.56 Å². The third kappa shape index (κ3) is 4.54. The second-order valence-electron chi connectivity index (χ2n) is 7.08. The molecule has 8 nitrogen and oxygen atoms in total. The van der Waals surface area contributed by atoms with Crippen molar-refractivity contribution in [3.63, 3.8) is 0 Å². The molecule has 2 heterocycles. The standard InChI is InChI=1S/C23H14Cl2N4O4S/c24-16-4-7-19(18(25)10-16)27-23-28(26-11-14-1-8-21-22(9-14)33-13-32-21)20(12-34-23)15-2-5-17(6-3-15)29(30)31/h1-12H,13H2. The number of benzene rings is 3. The molecule has 1 aliphatic heterocycles. The smallest absolute Gasteiger partial charge is 0.269 e. The van der Waals surface area contributed by atoms with Gasteiger partial charge in [-0.2, -0.15) is 5.10 Å². The van der Waals surface area contributed by atoms with Gasteiger partial charge in [-0.1, -0.05) is 23.2 Å². The third-order valence-electron chi connectivity index (χ3n) is 4.90. The van der Waals surface area contributed by atoms with E-state index in [2.05, 4.69) is 10.1 Å². The molecule has 3 aromatic carbocycles. The number of non-ortho nitro benzene ring substituents is 1. The number of fused-ring (bicyclic) bond motifs is 1. The quantitative estimate of drug-likeness (QED) is 0.179. The maximum atomic E-state index is 11.0. The summed E-state index contributed by atoms with van der Waals surface area (Å²) in [5.41, 5.74) is 2.80. The van der Waals surface area contributed by atoms with Crippen LogP contribution in [0.5, 0.6) is 11.5 Å². The van der Waals surface area contributed by atoms with Crippen LogP contribution in [0.4, 0.5) is 11.4 Å². The Morgan fingerprint density at radius 2 is 1.82 bits per heavy atom. The molecule has 0 N–H and O–H groups in total. The summed E-state index contributed by atoms with van der Waals surface area (Å²) in [6.45, 7) is 0.185. The Balaban J connectivity index is 1.61. The van der Waals surface area contributed by atoms with Crippen LogP contribution in [0.15, 0.2) is 76.1 Å². The van der Waals surface area contributed by atoms with E-state index in [0.717, 1.165) is 11.1 Å². The number of nitrogens with zero attached hydrogens (tertiary/aromatic N) is 4. The van der Waals surface area contributed by atoms with Gasteiger partial charge in [0.05, 0.1) is 27.5 Å².